The second kappa shape index (κ2) is 8.53. The molecule has 1 aromatic rings. The molecule has 0 spiro atoms. The SMILES string of the molecule is Cc1cccc(C)c1OCC(=O)NCCCCCO. The molecule has 0 radical (unpaired) electrons. The van der Waals surface area contributed by atoms with E-state index in [9.17, 15) is 4.79 Å². The molecule has 1 amide bonds. The third-order valence-corrected chi connectivity index (χ3v) is 2.91. The Bertz CT molecular complexity index is 384. The number of hydrogen-bond acceptors (Lipinski definition) is 3. The fourth-order valence-electron chi connectivity index (χ4n) is 1.86. The smallest absolute Gasteiger partial charge is 0.257 e. The Morgan fingerprint density at radius 1 is 1.21 bits per heavy atom. The van der Waals surface area contributed by atoms with E-state index in [1.54, 1.807) is 0 Å². The zero-order chi connectivity index (χ0) is 14.1. The topological polar surface area (TPSA) is 58.6 Å². The summed E-state index contributed by atoms with van der Waals surface area (Å²) in [5.41, 5.74) is 2.08. The van der Waals surface area contributed by atoms with Gasteiger partial charge in [-0.1, -0.05) is 18.2 Å². The van der Waals surface area contributed by atoms with Gasteiger partial charge >= 0.3 is 0 Å². The van der Waals surface area contributed by atoms with Crippen LogP contribution in [0.2, 0.25) is 0 Å². The maximum atomic E-state index is 11.6. The second-order valence-electron chi connectivity index (χ2n) is 4.64. The third kappa shape index (κ3) is 5.75. The van der Waals surface area contributed by atoms with E-state index in [0.717, 1.165) is 36.1 Å². The molecule has 2 N–H and O–H groups in total. The third-order valence-electron chi connectivity index (χ3n) is 2.91. The molecule has 0 aromatic heterocycles. The molecular weight excluding hydrogens is 242 g/mol. The van der Waals surface area contributed by atoms with Gasteiger partial charge in [-0.25, -0.2) is 0 Å². The van der Waals surface area contributed by atoms with Gasteiger partial charge in [0.05, 0.1) is 0 Å². The van der Waals surface area contributed by atoms with Gasteiger partial charge in [0, 0.05) is 13.2 Å². The molecule has 4 nitrogen and oxygen atoms in total. The summed E-state index contributed by atoms with van der Waals surface area (Å²) in [7, 11) is 0. The van der Waals surface area contributed by atoms with Gasteiger partial charge in [-0.15, -0.1) is 0 Å². The molecule has 0 heterocycles. The Kier molecular flexibility index (Phi) is 6.97. The number of aliphatic hydroxyl groups is 1. The number of aliphatic hydroxyl groups excluding tert-OH is 1. The highest BCUT2D eigenvalue weighted by atomic mass is 16.5. The summed E-state index contributed by atoms with van der Waals surface area (Å²) >= 11 is 0. The highest BCUT2D eigenvalue weighted by Gasteiger charge is 2.06. The molecule has 0 unspecified atom stereocenters. The molecule has 1 rings (SSSR count). The van der Waals surface area contributed by atoms with Crippen molar-refractivity contribution in [1.82, 2.24) is 5.32 Å². The van der Waals surface area contributed by atoms with E-state index in [1.807, 2.05) is 32.0 Å². The molecule has 0 aliphatic rings. The standard InChI is InChI=1S/C15H23NO3/c1-12-7-6-8-13(2)15(12)19-11-14(18)16-9-4-3-5-10-17/h6-8,17H,3-5,9-11H2,1-2H3,(H,16,18). The van der Waals surface area contributed by atoms with Crippen molar-refractivity contribution in [2.24, 2.45) is 0 Å². The average molecular weight is 265 g/mol. The van der Waals surface area contributed by atoms with E-state index < -0.39 is 0 Å². The number of ether oxygens (including phenoxy) is 1. The number of para-hydroxylation sites is 1. The molecule has 0 saturated carbocycles. The van der Waals surface area contributed by atoms with Crippen LogP contribution in [0.3, 0.4) is 0 Å². The first-order chi connectivity index (χ1) is 9.15. The van der Waals surface area contributed by atoms with Gasteiger partial charge in [-0.3, -0.25) is 4.79 Å². The van der Waals surface area contributed by atoms with Crippen LogP contribution in [-0.4, -0.2) is 30.8 Å². The minimum absolute atomic E-state index is 0.0473. The molecule has 0 bridgehead atoms. The number of carbonyl (C=O) groups excluding carboxylic acids is 1. The predicted octanol–water partition coefficient (Wildman–Crippen LogP) is 1.96. The van der Waals surface area contributed by atoms with Crippen molar-refractivity contribution in [3.63, 3.8) is 0 Å². The number of hydrogen-bond donors (Lipinski definition) is 2. The number of unbranched alkanes of at least 4 members (excludes halogenated alkanes) is 2. The Hall–Kier alpha value is -1.55. The highest BCUT2D eigenvalue weighted by molar-refractivity contribution is 5.77. The number of carbonyl (C=O) groups is 1. The van der Waals surface area contributed by atoms with Crippen molar-refractivity contribution in [2.75, 3.05) is 19.8 Å². The Labute approximate surface area is 114 Å². The molecule has 106 valence electrons. The van der Waals surface area contributed by atoms with Gasteiger partial charge in [-0.2, -0.15) is 0 Å². The predicted molar refractivity (Wildman–Crippen MR) is 75.4 cm³/mol. The number of aryl methyl sites for hydroxylation is 2. The molecule has 4 heteroatoms. The van der Waals surface area contributed by atoms with E-state index >= 15 is 0 Å². The van der Waals surface area contributed by atoms with Crippen molar-refractivity contribution in [3.8, 4) is 5.75 Å². The molecule has 0 aliphatic heterocycles. The van der Waals surface area contributed by atoms with E-state index in [1.165, 1.54) is 0 Å². The van der Waals surface area contributed by atoms with Gasteiger partial charge in [-0.05, 0) is 44.2 Å². The van der Waals surface area contributed by atoms with E-state index in [0.29, 0.717) is 6.54 Å². The fraction of sp³-hybridized carbons (Fsp3) is 0.533. The van der Waals surface area contributed by atoms with Crippen LogP contribution >= 0.6 is 0 Å². The number of rotatable bonds is 8. The van der Waals surface area contributed by atoms with Crippen molar-refractivity contribution in [2.45, 2.75) is 33.1 Å². The Balaban J connectivity index is 2.26. The summed E-state index contributed by atoms with van der Waals surface area (Å²) in [5, 5.41) is 11.4. The first kappa shape index (κ1) is 15.5. The molecule has 1 aromatic carbocycles. The van der Waals surface area contributed by atoms with Crippen LogP contribution in [0.25, 0.3) is 0 Å². The van der Waals surface area contributed by atoms with Crippen LogP contribution in [0.4, 0.5) is 0 Å². The zero-order valence-corrected chi connectivity index (χ0v) is 11.7. The largest absolute Gasteiger partial charge is 0.483 e. The minimum atomic E-state index is -0.105. The van der Waals surface area contributed by atoms with Gasteiger partial charge in [0.1, 0.15) is 5.75 Å². The quantitative estimate of drug-likeness (QED) is 0.706. The van der Waals surface area contributed by atoms with Gasteiger partial charge < -0.3 is 15.2 Å². The first-order valence-electron chi connectivity index (χ1n) is 6.71. The molecule has 0 fully saturated rings. The van der Waals surface area contributed by atoms with Crippen molar-refractivity contribution < 1.29 is 14.6 Å². The lowest BCUT2D eigenvalue weighted by molar-refractivity contribution is -0.123. The minimum Gasteiger partial charge on any atom is -0.483 e. The summed E-state index contributed by atoms with van der Waals surface area (Å²) in [6.45, 7) is 4.83. The fourth-order valence-corrected chi connectivity index (χ4v) is 1.86. The van der Waals surface area contributed by atoms with Crippen LogP contribution in [0.1, 0.15) is 30.4 Å². The summed E-state index contributed by atoms with van der Waals surface area (Å²) in [6, 6.07) is 5.91. The highest BCUT2D eigenvalue weighted by Crippen LogP contribution is 2.21. The molecule has 0 aliphatic carbocycles. The zero-order valence-electron chi connectivity index (χ0n) is 11.7. The number of benzene rings is 1. The van der Waals surface area contributed by atoms with Crippen LogP contribution in [0.15, 0.2) is 18.2 Å². The number of nitrogens with one attached hydrogen (secondary N) is 1. The van der Waals surface area contributed by atoms with Crippen LogP contribution in [0.5, 0.6) is 5.75 Å². The van der Waals surface area contributed by atoms with Crippen LogP contribution in [-0.2, 0) is 4.79 Å². The summed E-state index contributed by atoms with van der Waals surface area (Å²) in [4.78, 5) is 11.6. The van der Waals surface area contributed by atoms with Crippen LogP contribution < -0.4 is 10.1 Å². The average Bonchev–Trinajstić information content (AvgIpc) is 2.38. The maximum absolute atomic E-state index is 11.6. The monoisotopic (exact) mass is 265 g/mol. The second-order valence-corrected chi connectivity index (χ2v) is 4.64. The van der Waals surface area contributed by atoms with Gasteiger partial charge in [0.15, 0.2) is 6.61 Å². The summed E-state index contributed by atoms with van der Waals surface area (Å²) in [6.07, 6.45) is 2.60. The lowest BCUT2D eigenvalue weighted by atomic mass is 10.1. The molecule has 19 heavy (non-hydrogen) atoms. The number of amides is 1. The lowest BCUT2D eigenvalue weighted by Gasteiger charge is -2.11. The van der Waals surface area contributed by atoms with Crippen LogP contribution in [0, 0.1) is 13.8 Å². The Morgan fingerprint density at radius 2 is 1.89 bits per heavy atom. The van der Waals surface area contributed by atoms with E-state index in [-0.39, 0.29) is 19.1 Å². The molecule has 0 atom stereocenters. The van der Waals surface area contributed by atoms with Crippen molar-refractivity contribution in [1.29, 1.82) is 0 Å². The lowest BCUT2D eigenvalue weighted by Crippen LogP contribution is -2.29. The van der Waals surface area contributed by atoms with Crippen molar-refractivity contribution >= 4 is 5.91 Å². The van der Waals surface area contributed by atoms with E-state index in [2.05, 4.69) is 5.32 Å². The molecule has 0 saturated heterocycles. The first-order valence-corrected chi connectivity index (χ1v) is 6.71. The maximum Gasteiger partial charge on any atom is 0.257 e. The van der Waals surface area contributed by atoms with Gasteiger partial charge in [0.2, 0.25) is 0 Å². The van der Waals surface area contributed by atoms with E-state index in [4.69, 9.17) is 9.84 Å². The summed E-state index contributed by atoms with van der Waals surface area (Å²) in [5.74, 6) is 0.685. The Morgan fingerprint density at radius 3 is 2.53 bits per heavy atom. The normalized spacial score (nSPS) is 10.3. The summed E-state index contributed by atoms with van der Waals surface area (Å²) < 4.78 is 5.56. The van der Waals surface area contributed by atoms with Gasteiger partial charge in [0.25, 0.3) is 5.91 Å². The molecular formula is C15H23NO3. The van der Waals surface area contributed by atoms with Crippen molar-refractivity contribution in [3.05, 3.63) is 29.3 Å².